The lowest BCUT2D eigenvalue weighted by Crippen LogP contribution is -2.50. The number of nitrogens with zero attached hydrogens (tertiary/aromatic N) is 1. The van der Waals surface area contributed by atoms with Crippen molar-refractivity contribution in [2.75, 3.05) is 0 Å². The van der Waals surface area contributed by atoms with Crippen molar-refractivity contribution in [1.29, 1.82) is 0 Å². The van der Waals surface area contributed by atoms with Crippen LogP contribution in [0.3, 0.4) is 0 Å². The molecule has 1 amide bonds. The Hall–Kier alpha value is -0.570. The Morgan fingerprint density at radius 1 is 1.19 bits per heavy atom. The van der Waals surface area contributed by atoms with Crippen LogP contribution in [0.1, 0.15) is 72.6 Å². The molecule has 0 radical (unpaired) electrons. The van der Waals surface area contributed by atoms with Gasteiger partial charge in [-0.25, -0.2) is 0 Å². The van der Waals surface area contributed by atoms with Crippen LogP contribution < -0.4 is 5.32 Å². The summed E-state index contributed by atoms with van der Waals surface area (Å²) in [7, 11) is 0. The van der Waals surface area contributed by atoms with Gasteiger partial charge in [0.2, 0.25) is 5.91 Å². The average molecular weight is 292 g/mol. The number of rotatable bonds is 4. The SMILES string of the molecule is CC(C)CC1NC2(CC2)C(=O)N1C1CCCCC1C(C)C. The van der Waals surface area contributed by atoms with Crippen LogP contribution in [0, 0.1) is 17.8 Å². The van der Waals surface area contributed by atoms with E-state index in [1.165, 1.54) is 25.7 Å². The molecule has 120 valence electrons. The lowest BCUT2D eigenvalue weighted by Gasteiger charge is -2.42. The maximum absolute atomic E-state index is 13.0. The first kappa shape index (κ1) is 15.3. The van der Waals surface area contributed by atoms with E-state index in [-0.39, 0.29) is 11.7 Å². The third-order valence-corrected chi connectivity index (χ3v) is 5.86. The summed E-state index contributed by atoms with van der Waals surface area (Å²) < 4.78 is 0. The van der Waals surface area contributed by atoms with Gasteiger partial charge in [-0.15, -0.1) is 0 Å². The molecule has 3 unspecified atom stereocenters. The van der Waals surface area contributed by atoms with E-state index in [0.717, 1.165) is 19.3 Å². The highest BCUT2D eigenvalue weighted by Gasteiger charge is 2.60. The van der Waals surface area contributed by atoms with Gasteiger partial charge in [0.15, 0.2) is 0 Å². The second kappa shape index (κ2) is 5.57. The smallest absolute Gasteiger partial charge is 0.244 e. The highest BCUT2D eigenvalue weighted by molar-refractivity contribution is 5.92. The summed E-state index contributed by atoms with van der Waals surface area (Å²) in [5, 5.41) is 3.71. The number of carbonyl (C=O) groups excluding carboxylic acids is 1. The minimum atomic E-state index is -0.154. The van der Waals surface area contributed by atoms with E-state index < -0.39 is 0 Å². The number of hydrogen-bond acceptors (Lipinski definition) is 2. The molecule has 3 nitrogen and oxygen atoms in total. The van der Waals surface area contributed by atoms with E-state index in [1.54, 1.807) is 0 Å². The molecule has 2 saturated carbocycles. The van der Waals surface area contributed by atoms with Crippen molar-refractivity contribution in [2.24, 2.45) is 17.8 Å². The summed E-state index contributed by atoms with van der Waals surface area (Å²) in [6, 6.07) is 0.475. The normalized spacial score (nSPS) is 35.2. The predicted molar refractivity (Wildman–Crippen MR) is 85.8 cm³/mol. The Kier molecular flexibility index (Phi) is 4.06. The van der Waals surface area contributed by atoms with Crippen molar-refractivity contribution in [2.45, 2.75) is 90.4 Å². The summed E-state index contributed by atoms with van der Waals surface area (Å²) in [5.41, 5.74) is -0.154. The molecule has 2 aliphatic carbocycles. The molecule has 1 saturated heterocycles. The minimum Gasteiger partial charge on any atom is -0.322 e. The highest BCUT2D eigenvalue weighted by atomic mass is 16.2. The molecule has 1 N–H and O–H groups in total. The Labute approximate surface area is 129 Å². The van der Waals surface area contributed by atoms with Gasteiger partial charge in [-0.3, -0.25) is 10.1 Å². The summed E-state index contributed by atoms with van der Waals surface area (Å²) in [4.78, 5) is 15.3. The molecule has 0 aromatic rings. The van der Waals surface area contributed by atoms with Gasteiger partial charge in [-0.1, -0.05) is 40.5 Å². The minimum absolute atomic E-state index is 0.154. The quantitative estimate of drug-likeness (QED) is 0.859. The zero-order chi connectivity index (χ0) is 15.2. The maximum atomic E-state index is 13.0. The van der Waals surface area contributed by atoms with Gasteiger partial charge < -0.3 is 4.90 Å². The largest absolute Gasteiger partial charge is 0.322 e. The average Bonchev–Trinajstić information content (AvgIpc) is 3.14. The van der Waals surface area contributed by atoms with Crippen molar-refractivity contribution < 1.29 is 4.79 Å². The van der Waals surface area contributed by atoms with Gasteiger partial charge in [-0.05, 0) is 49.9 Å². The Morgan fingerprint density at radius 3 is 2.43 bits per heavy atom. The standard InChI is InChI=1S/C18H32N2O/c1-12(2)11-16-19-18(9-10-18)17(21)20(16)15-8-6-5-7-14(15)13(3)4/h12-16,19H,5-11H2,1-4H3. The van der Waals surface area contributed by atoms with E-state index in [2.05, 4.69) is 37.9 Å². The summed E-state index contributed by atoms with van der Waals surface area (Å²) in [6.45, 7) is 9.20. The van der Waals surface area contributed by atoms with Crippen molar-refractivity contribution in [1.82, 2.24) is 10.2 Å². The van der Waals surface area contributed by atoms with E-state index in [0.29, 0.717) is 29.7 Å². The highest BCUT2D eigenvalue weighted by Crippen LogP contribution is 2.46. The van der Waals surface area contributed by atoms with E-state index >= 15 is 0 Å². The van der Waals surface area contributed by atoms with Gasteiger partial charge in [-0.2, -0.15) is 0 Å². The van der Waals surface area contributed by atoms with Gasteiger partial charge in [0.25, 0.3) is 0 Å². The third-order valence-electron chi connectivity index (χ3n) is 5.86. The molecule has 21 heavy (non-hydrogen) atoms. The fourth-order valence-electron chi connectivity index (χ4n) is 4.59. The Balaban J connectivity index is 1.83. The van der Waals surface area contributed by atoms with Gasteiger partial charge in [0, 0.05) is 6.04 Å². The number of hydrogen-bond donors (Lipinski definition) is 1. The second-order valence-electron chi connectivity index (χ2n) is 8.34. The molecule has 3 atom stereocenters. The fourth-order valence-corrected chi connectivity index (χ4v) is 4.59. The molecule has 1 spiro atoms. The van der Waals surface area contributed by atoms with Crippen LogP contribution in [0.5, 0.6) is 0 Å². The summed E-state index contributed by atoms with van der Waals surface area (Å²) in [5.74, 6) is 2.42. The van der Waals surface area contributed by atoms with Crippen molar-refractivity contribution >= 4 is 5.91 Å². The van der Waals surface area contributed by atoms with E-state index in [1.807, 2.05) is 0 Å². The monoisotopic (exact) mass is 292 g/mol. The molecule has 3 rings (SSSR count). The first-order valence-electron chi connectivity index (χ1n) is 9.05. The molecule has 0 aromatic carbocycles. The van der Waals surface area contributed by atoms with Crippen LogP contribution in [0.2, 0.25) is 0 Å². The first-order chi connectivity index (χ1) is 9.94. The molecule has 3 fully saturated rings. The van der Waals surface area contributed by atoms with Gasteiger partial charge >= 0.3 is 0 Å². The van der Waals surface area contributed by atoms with Crippen LogP contribution in [-0.2, 0) is 4.79 Å². The maximum Gasteiger partial charge on any atom is 0.244 e. The van der Waals surface area contributed by atoms with E-state index in [4.69, 9.17) is 0 Å². The van der Waals surface area contributed by atoms with Crippen LogP contribution in [0.4, 0.5) is 0 Å². The fraction of sp³-hybridized carbons (Fsp3) is 0.944. The zero-order valence-electron chi connectivity index (χ0n) is 14.2. The second-order valence-corrected chi connectivity index (χ2v) is 8.34. The molecule has 0 aromatic heterocycles. The molecule has 3 heteroatoms. The van der Waals surface area contributed by atoms with Crippen molar-refractivity contribution in [3.63, 3.8) is 0 Å². The van der Waals surface area contributed by atoms with Gasteiger partial charge in [0.1, 0.15) is 0 Å². The molecular formula is C18H32N2O. The lowest BCUT2D eigenvalue weighted by atomic mass is 9.76. The Bertz CT molecular complexity index is 400. The third kappa shape index (κ3) is 2.74. The molecular weight excluding hydrogens is 260 g/mol. The summed E-state index contributed by atoms with van der Waals surface area (Å²) in [6.07, 6.45) is 8.62. The topological polar surface area (TPSA) is 32.3 Å². The summed E-state index contributed by atoms with van der Waals surface area (Å²) >= 11 is 0. The van der Waals surface area contributed by atoms with Gasteiger partial charge in [0.05, 0.1) is 11.7 Å². The zero-order valence-corrected chi connectivity index (χ0v) is 14.2. The van der Waals surface area contributed by atoms with Crippen molar-refractivity contribution in [3.05, 3.63) is 0 Å². The van der Waals surface area contributed by atoms with Crippen molar-refractivity contribution in [3.8, 4) is 0 Å². The lowest BCUT2D eigenvalue weighted by molar-refractivity contribution is -0.135. The predicted octanol–water partition coefficient (Wildman–Crippen LogP) is 3.54. The number of amides is 1. The molecule has 3 aliphatic rings. The molecule has 1 aliphatic heterocycles. The van der Waals surface area contributed by atoms with Crippen LogP contribution in [0.15, 0.2) is 0 Å². The van der Waals surface area contributed by atoms with Crippen LogP contribution in [-0.4, -0.2) is 28.6 Å². The first-order valence-corrected chi connectivity index (χ1v) is 9.05. The van der Waals surface area contributed by atoms with Crippen LogP contribution >= 0.6 is 0 Å². The van der Waals surface area contributed by atoms with E-state index in [9.17, 15) is 4.79 Å². The number of nitrogens with one attached hydrogen (secondary N) is 1. The molecule has 0 bridgehead atoms. The van der Waals surface area contributed by atoms with Crippen LogP contribution in [0.25, 0.3) is 0 Å². The molecule has 1 heterocycles. The number of carbonyl (C=O) groups is 1. The Morgan fingerprint density at radius 2 is 1.86 bits per heavy atom.